The summed E-state index contributed by atoms with van der Waals surface area (Å²) in [5.74, 6) is -0.0515. The number of nitrogens with one attached hydrogen (secondary N) is 2. The lowest BCUT2D eigenvalue weighted by molar-refractivity contribution is -0.385. The number of nitro benzene ring substituents is 1. The smallest absolute Gasteiger partial charge is 0.274 e. The molecule has 0 aliphatic carbocycles. The molecule has 150 valence electrons. The summed E-state index contributed by atoms with van der Waals surface area (Å²) >= 11 is 0. The molecule has 1 aromatic carbocycles. The van der Waals surface area contributed by atoms with Gasteiger partial charge in [0.25, 0.3) is 5.69 Å². The fourth-order valence-electron chi connectivity index (χ4n) is 2.43. The molecule has 0 amide bonds. The van der Waals surface area contributed by atoms with Crippen LogP contribution in [0.4, 0.5) is 27.7 Å². The molecule has 0 saturated heterocycles. The van der Waals surface area contributed by atoms with Crippen LogP contribution in [-0.4, -0.2) is 49.6 Å². The van der Waals surface area contributed by atoms with Crippen molar-refractivity contribution in [1.29, 1.82) is 0 Å². The number of ether oxygens (including phenoxy) is 1. The summed E-state index contributed by atoms with van der Waals surface area (Å²) in [4.78, 5) is 31.0. The van der Waals surface area contributed by atoms with E-state index in [-0.39, 0.29) is 23.5 Å². The molecule has 0 aliphatic rings. The second-order valence-electron chi connectivity index (χ2n) is 5.98. The van der Waals surface area contributed by atoms with Gasteiger partial charge in [-0.3, -0.25) is 10.1 Å². The van der Waals surface area contributed by atoms with Gasteiger partial charge in [0.2, 0.25) is 11.9 Å². The fourth-order valence-corrected chi connectivity index (χ4v) is 2.43. The first-order chi connectivity index (χ1) is 13.9. The number of hydrogen-bond donors (Lipinski definition) is 2. The van der Waals surface area contributed by atoms with E-state index in [4.69, 9.17) is 4.74 Å². The van der Waals surface area contributed by atoms with Crippen LogP contribution >= 0.6 is 0 Å². The number of hydrogen-bond acceptors (Lipinski definition) is 10. The van der Waals surface area contributed by atoms with Gasteiger partial charge in [0.1, 0.15) is 17.8 Å². The van der Waals surface area contributed by atoms with Gasteiger partial charge in [-0.15, -0.1) is 0 Å². The summed E-state index contributed by atoms with van der Waals surface area (Å²) in [6.45, 7) is 2.40. The number of anilines is 3. The Morgan fingerprint density at radius 3 is 2.79 bits per heavy atom. The monoisotopic (exact) mass is 400 g/mol. The third-order valence-electron chi connectivity index (χ3n) is 3.60. The van der Waals surface area contributed by atoms with Gasteiger partial charge in [-0.2, -0.15) is 4.98 Å². The zero-order valence-corrected chi connectivity index (χ0v) is 15.5. The Kier molecular flexibility index (Phi) is 6.14. The second kappa shape index (κ2) is 8.93. The first-order valence-corrected chi connectivity index (χ1v) is 8.44. The van der Waals surface area contributed by atoms with Crippen molar-refractivity contribution >= 4 is 23.3 Å². The standard InChI is InChI=1S/C17H17FN8O3/c1-10(8-29-2)22-16-19-4-3-14(24-16)15-20-9-21-17(25-15)23-12-5-11(18)6-13(7-12)26(27)28/h3-7,9-10H,8H2,1-2H3,(H,19,22,24)(H,20,21,23,25)/t10-/m0/s1. The van der Waals surface area contributed by atoms with E-state index < -0.39 is 16.4 Å². The number of rotatable bonds is 8. The molecule has 0 radical (unpaired) electrons. The molecule has 3 rings (SSSR count). The van der Waals surface area contributed by atoms with E-state index in [2.05, 4.69) is 35.6 Å². The third kappa shape index (κ3) is 5.35. The maximum Gasteiger partial charge on any atom is 0.274 e. The van der Waals surface area contributed by atoms with Crippen LogP contribution in [0.3, 0.4) is 0 Å². The fraction of sp³-hybridized carbons (Fsp3) is 0.235. The van der Waals surface area contributed by atoms with E-state index >= 15 is 0 Å². The Morgan fingerprint density at radius 2 is 2.03 bits per heavy atom. The van der Waals surface area contributed by atoms with Gasteiger partial charge >= 0.3 is 0 Å². The minimum Gasteiger partial charge on any atom is -0.383 e. The molecule has 2 N–H and O–H groups in total. The van der Waals surface area contributed by atoms with Crippen LogP contribution < -0.4 is 10.6 Å². The molecular weight excluding hydrogens is 383 g/mol. The molecule has 2 heterocycles. The summed E-state index contributed by atoms with van der Waals surface area (Å²) in [5.41, 5.74) is 0.175. The Morgan fingerprint density at radius 1 is 1.21 bits per heavy atom. The molecule has 0 unspecified atom stereocenters. The molecule has 0 aliphatic heterocycles. The predicted molar refractivity (Wildman–Crippen MR) is 102 cm³/mol. The Labute approximate surface area is 164 Å². The Hall–Kier alpha value is -3.80. The van der Waals surface area contributed by atoms with Crippen LogP contribution in [0.1, 0.15) is 6.92 Å². The number of benzene rings is 1. The molecule has 1 atom stereocenters. The third-order valence-corrected chi connectivity index (χ3v) is 3.60. The number of non-ortho nitro benzene ring substituents is 1. The van der Waals surface area contributed by atoms with E-state index in [1.165, 1.54) is 12.4 Å². The molecule has 0 fully saturated rings. The number of aromatic nitrogens is 5. The SMILES string of the molecule is COC[C@H](C)Nc1nccc(-c2ncnc(Nc3cc(F)cc([N+](=O)[O-])c3)n2)n1. The van der Waals surface area contributed by atoms with Gasteiger partial charge in [0.15, 0.2) is 5.82 Å². The second-order valence-corrected chi connectivity index (χ2v) is 5.98. The molecule has 12 heteroatoms. The van der Waals surface area contributed by atoms with Crippen LogP contribution in [0.2, 0.25) is 0 Å². The van der Waals surface area contributed by atoms with E-state index in [0.29, 0.717) is 18.2 Å². The number of methoxy groups -OCH3 is 1. The van der Waals surface area contributed by atoms with Crippen molar-refractivity contribution in [2.45, 2.75) is 13.0 Å². The topological polar surface area (TPSA) is 141 Å². The van der Waals surface area contributed by atoms with Crippen LogP contribution in [-0.2, 0) is 4.74 Å². The minimum absolute atomic E-state index is 0.00500. The normalized spacial score (nSPS) is 11.7. The van der Waals surface area contributed by atoms with Crippen molar-refractivity contribution < 1.29 is 14.1 Å². The summed E-state index contributed by atoms with van der Waals surface area (Å²) in [6.07, 6.45) is 2.80. The van der Waals surface area contributed by atoms with E-state index in [0.717, 1.165) is 12.1 Å². The number of nitro groups is 1. The molecule has 3 aromatic rings. The van der Waals surface area contributed by atoms with Crippen LogP contribution in [0, 0.1) is 15.9 Å². The highest BCUT2D eigenvalue weighted by Crippen LogP contribution is 2.22. The minimum atomic E-state index is -0.757. The molecule has 0 spiro atoms. The maximum absolute atomic E-state index is 13.6. The largest absolute Gasteiger partial charge is 0.383 e. The quantitative estimate of drug-likeness (QED) is 0.428. The molecule has 2 aromatic heterocycles. The predicted octanol–water partition coefficient (Wildman–Crippen LogP) is 2.57. The van der Waals surface area contributed by atoms with Gasteiger partial charge in [-0.1, -0.05) is 0 Å². The van der Waals surface area contributed by atoms with Crippen LogP contribution in [0.15, 0.2) is 36.8 Å². The molecule has 29 heavy (non-hydrogen) atoms. The van der Waals surface area contributed by atoms with Gasteiger partial charge in [0, 0.05) is 25.4 Å². The van der Waals surface area contributed by atoms with Crippen molar-refractivity contribution in [1.82, 2.24) is 24.9 Å². The first-order valence-electron chi connectivity index (χ1n) is 8.44. The zero-order chi connectivity index (χ0) is 20.8. The lowest BCUT2D eigenvalue weighted by atomic mass is 10.2. The van der Waals surface area contributed by atoms with Gasteiger partial charge < -0.3 is 15.4 Å². The summed E-state index contributed by atoms with van der Waals surface area (Å²) in [6, 6.07) is 4.72. The number of nitrogens with zero attached hydrogens (tertiary/aromatic N) is 6. The Balaban J connectivity index is 1.82. The van der Waals surface area contributed by atoms with Crippen molar-refractivity contribution in [2.24, 2.45) is 0 Å². The van der Waals surface area contributed by atoms with Gasteiger partial charge in [0.05, 0.1) is 23.3 Å². The van der Waals surface area contributed by atoms with Gasteiger partial charge in [-0.05, 0) is 19.1 Å². The van der Waals surface area contributed by atoms with Crippen LogP contribution in [0.5, 0.6) is 0 Å². The Bertz CT molecular complexity index is 1020. The van der Waals surface area contributed by atoms with Crippen molar-refractivity contribution in [3.63, 3.8) is 0 Å². The average Bonchev–Trinajstić information content (AvgIpc) is 2.68. The highest BCUT2D eigenvalue weighted by molar-refractivity contribution is 5.59. The summed E-state index contributed by atoms with van der Waals surface area (Å²) in [5, 5.41) is 16.7. The molecule has 11 nitrogen and oxygen atoms in total. The highest BCUT2D eigenvalue weighted by atomic mass is 19.1. The summed E-state index contributed by atoms with van der Waals surface area (Å²) in [7, 11) is 1.60. The first kappa shape index (κ1) is 19.9. The molecular formula is C17H17FN8O3. The van der Waals surface area contributed by atoms with Crippen molar-refractivity contribution in [3.05, 3.63) is 52.7 Å². The number of halogens is 1. The van der Waals surface area contributed by atoms with Crippen molar-refractivity contribution in [2.75, 3.05) is 24.4 Å². The van der Waals surface area contributed by atoms with Crippen LogP contribution in [0.25, 0.3) is 11.5 Å². The van der Waals surface area contributed by atoms with E-state index in [1.807, 2.05) is 6.92 Å². The highest BCUT2D eigenvalue weighted by Gasteiger charge is 2.12. The summed E-state index contributed by atoms with van der Waals surface area (Å²) < 4.78 is 18.7. The van der Waals surface area contributed by atoms with Gasteiger partial charge in [-0.25, -0.2) is 24.3 Å². The lowest BCUT2D eigenvalue weighted by Crippen LogP contribution is -2.22. The maximum atomic E-state index is 13.6. The lowest BCUT2D eigenvalue weighted by Gasteiger charge is -2.12. The average molecular weight is 400 g/mol. The zero-order valence-electron chi connectivity index (χ0n) is 15.5. The molecule has 0 bridgehead atoms. The molecule has 0 saturated carbocycles. The van der Waals surface area contributed by atoms with E-state index in [9.17, 15) is 14.5 Å². The van der Waals surface area contributed by atoms with E-state index in [1.54, 1.807) is 19.4 Å². The van der Waals surface area contributed by atoms with Crippen molar-refractivity contribution in [3.8, 4) is 11.5 Å².